The highest BCUT2D eigenvalue weighted by Gasteiger charge is 2.13. The molecule has 0 aromatic heterocycles. The molecule has 1 N–H and O–H groups in total. The number of para-hydroxylation sites is 2. The first kappa shape index (κ1) is 16.4. The van der Waals surface area contributed by atoms with E-state index < -0.39 is 4.92 Å². The van der Waals surface area contributed by atoms with E-state index in [1.807, 2.05) is 60.7 Å². The molecular weight excluding hydrogens is 314 g/mol. The van der Waals surface area contributed by atoms with Gasteiger partial charge in [0.25, 0.3) is 5.69 Å². The van der Waals surface area contributed by atoms with E-state index in [9.17, 15) is 10.1 Å². The van der Waals surface area contributed by atoms with Crippen LogP contribution in [0.3, 0.4) is 0 Å². The van der Waals surface area contributed by atoms with E-state index in [2.05, 4.69) is 10.5 Å². The summed E-state index contributed by atoms with van der Waals surface area (Å²) >= 11 is 0. The van der Waals surface area contributed by atoms with Crippen LogP contribution in [0.25, 0.3) is 0 Å². The summed E-state index contributed by atoms with van der Waals surface area (Å²) in [6.07, 6.45) is 1.77. The molecular formula is C20H17N3O2. The number of nitro benzene ring substituents is 1. The summed E-state index contributed by atoms with van der Waals surface area (Å²) in [4.78, 5) is 10.6. The topological polar surface area (TPSA) is 67.5 Å². The third-order valence-corrected chi connectivity index (χ3v) is 3.83. The van der Waals surface area contributed by atoms with Crippen LogP contribution in [0.4, 0.5) is 11.4 Å². The van der Waals surface area contributed by atoms with Crippen LogP contribution in [0.5, 0.6) is 0 Å². The van der Waals surface area contributed by atoms with Gasteiger partial charge in [-0.25, -0.2) is 0 Å². The van der Waals surface area contributed by atoms with Gasteiger partial charge < -0.3 is 0 Å². The highest BCUT2D eigenvalue weighted by molar-refractivity contribution is 5.74. The monoisotopic (exact) mass is 331 g/mol. The summed E-state index contributed by atoms with van der Waals surface area (Å²) in [5.74, 6) is -0.0438. The number of hydrogen-bond acceptors (Lipinski definition) is 4. The van der Waals surface area contributed by atoms with Gasteiger partial charge in [0.1, 0.15) is 5.69 Å². The first-order chi connectivity index (χ1) is 12.3. The molecule has 5 heteroatoms. The molecule has 0 saturated carbocycles. The molecule has 0 amide bonds. The SMILES string of the molecule is O=[N+]([O-])c1ccccc1N/N=C/C(c1ccccc1)c1ccccc1. The van der Waals surface area contributed by atoms with Crippen molar-refractivity contribution < 1.29 is 4.92 Å². The van der Waals surface area contributed by atoms with Crippen molar-refractivity contribution in [3.8, 4) is 0 Å². The van der Waals surface area contributed by atoms with Crippen LogP contribution < -0.4 is 5.43 Å². The Balaban J connectivity index is 1.87. The van der Waals surface area contributed by atoms with Gasteiger partial charge in [0, 0.05) is 18.2 Å². The highest BCUT2D eigenvalue weighted by atomic mass is 16.6. The van der Waals surface area contributed by atoms with E-state index in [0.717, 1.165) is 11.1 Å². The molecule has 0 radical (unpaired) electrons. The molecule has 124 valence electrons. The molecule has 0 saturated heterocycles. The molecule has 0 bridgehead atoms. The smallest absolute Gasteiger partial charge is 0.272 e. The van der Waals surface area contributed by atoms with Crippen molar-refractivity contribution >= 4 is 17.6 Å². The Labute approximate surface area is 145 Å². The quantitative estimate of drug-likeness (QED) is 0.400. The summed E-state index contributed by atoms with van der Waals surface area (Å²) in [6, 6.07) is 26.4. The summed E-state index contributed by atoms with van der Waals surface area (Å²) in [7, 11) is 0. The number of nitrogens with one attached hydrogen (secondary N) is 1. The van der Waals surface area contributed by atoms with Gasteiger partial charge in [-0.1, -0.05) is 72.8 Å². The van der Waals surface area contributed by atoms with E-state index in [1.54, 1.807) is 24.4 Å². The number of benzene rings is 3. The second-order valence-electron chi connectivity index (χ2n) is 5.46. The largest absolute Gasteiger partial charge is 0.294 e. The maximum atomic E-state index is 11.1. The Kier molecular flexibility index (Phi) is 5.16. The Bertz CT molecular complexity index is 825. The first-order valence-electron chi connectivity index (χ1n) is 7.88. The maximum absolute atomic E-state index is 11.1. The molecule has 0 spiro atoms. The van der Waals surface area contributed by atoms with Gasteiger partial charge in [-0.3, -0.25) is 15.5 Å². The lowest BCUT2D eigenvalue weighted by Crippen LogP contribution is -2.04. The zero-order chi connectivity index (χ0) is 17.5. The molecule has 3 aromatic carbocycles. The fourth-order valence-corrected chi connectivity index (χ4v) is 2.59. The van der Waals surface area contributed by atoms with Gasteiger partial charge in [0.15, 0.2) is 0 Å². The van der Waals surface area contributed by atoms with Gasteiger partial charge >= 0.3 is 0 Å². The lowest BCUT2D eigenvalue weighted by molar-refractivity contribution is -0.384. The average Bonchev–Trinajstić information content (AvgIpc) is 2.67. The number of anilines is 1. The number of rotatable bonds is 6. The fourth-order valence-electron chi connectivity index (χ4n) is 2.59. The predicted molar refractivity (Wildman–Crippen MR) is 99.9 cm³/mol. The molecule has 0 unspecified atom stereocenters. The number of nitrogens with zero attached hydrogens (tertiary/aromatic N) is 2. The zero-order valence-corrected chi connectivity index (χ0v) is 13.4. The second kappa shape index (κ2) is 7.88. The van der Waals surface area contributed by atoms with Gasteiger partial charge in [0.05, 0.1) is 4.92 Å². The lowest BCUT2D eigenvalue weighted by Gasteiger charge is -2.13. The molecule has 25 heavy (non-hydrogen) atoms. The van der Waals surface area contributed by atoms with E-state index in [0.29, 0.717) is 5.69 Å². The molecule has 3 aromatic rings. The van der Waals surface area contributed by atoms with E-state index in [-0.39, 0.29) is 11.6 Å². The van der Waals surface area contributed by atoms with Crippen LogP contribution in [0, 0.1) is 10.1 Å². The summed E-state index contributed by atoms with van der Waals surface area (Å²) < 4.78 is 0. The standard InChI is InChI=1S/C20H17N3O2/c24-23(25)20-14-8-7-13-19(20)22-21-15-18(16-9-3-1-4-10-16)17-11-5-2-6-12-17/h1-15,18,22H/b21-15+. The van der Waals surface area contributed by atoms with Gasteiger partial charge in [-0.05, 0) is 17.2 Å². The molecule has 5 nitrogen and oxygen atoms in total. The van der Waals surface area contributed by atoms with Crippen LogP contribution in [-0.2, 0) is 0 Å². The van der Waals surface area contributed by atoms with Crippen molar-refractivity contribution in [1.29, 1.82) is 0 Å². The van der Waals surface area contributed by atoms with Crippen molar-refractivity contribution in [2.45, 2.75) is 5.92 Å². The van der Waals surface area contributed by atoms with Gasteiger partial charge in [0.2, 0.25) is 0 Å². The van der Waals surface area contributed by atoms with Crippen molar-refractivity contribution in [3.63, 3.8) is 0 Å². The first-order valence-corrected chi connectivity index (χ1v) is 7.88. The van der Waals surface area contributed by atoms with Crippen LogP contribution in [-0.4, -0.2) is 11.1 Å². The molecule has 0 fully saturated rings. The summed E-state index contributed by atoms with van der Waals surface area (Å²) in [6.45, 7) is 0. The Morgan fingerprint density at radius 2 is 1.36 bits per heavy atom. The van der Waals surface area contributed by atoms with E-state index >= 15 is 0 Å². The number of nitro groups is 1. The Hall–Kier alpha value is -3.47. The minimum atomic E-state index is -0.427. The normalized spacial score (nSPS) is 10.9. The van der Waals surface area contributed by atoms with Crippen molar-refractivity contribution in [2.24, 2.45) is 5.10 Å². The third-order valence-electron chi connectivity index (χ3n) is 3.83. The fraction of sp³-hybridized carbons (Fsp3) is 0.0500. The minimum Gasteiger partial charge on any atom is -0.272 e. The molecule has 0 aliphatic heterocycles. The van der Waals surface area contributed by atoms with Crippen molar-refractivity contribution in [1.82, 2.24) is 0 Å². The van der Waals surface area contributed by atoms with Gasteiger partial charge in [-0.15, -0.1) is 0 Å². The third kappa shape index (κ3) is 4.09. The van der Waals surface area contributed by atoms with Crippen LogP contribution in [0.1, 0.15) is 17.0 Å². The number of hydrogen-bond donors (Lipinski definition) is 1. The lowest BCUT2D eigenvalue weighted by atomic mass is 9.92. The van der Waals surface area contributed by atoms with E-state index in [4.69, 9.17) is 0 Å². The van der Waals surface area contributed by atoms with Crippen LogP contribution in [0.2, 0.25) is 0 Å². The second-order valence-corrected chi connectivity index (χ2v) is 5.46. The highest BCUT2D eigenvalue weighted by Crippen LogP contribution is 2.25. The maximum Gasteiger partial charge on any atom is 0.294 e. The average molecular weight is 331 g/mol. The van der Waals surface area contributed by atoms with Crippen molar-refractivity contribution in [2.75, 3.05) is 5.43 Å². The molecule has 0 heterocycles. The predicted octanol–water partition coefficient (Wildman–Crippen LogP) is 4.82. The van der Waals surface area contributed by atoms with Crippen LogP contribution >= 0.6 is 0 Å². The summed E-state index contributed by atoms with van der Waals surface area (Å²) in [5, 5.41) is 15.3. The number of hydrazone groups is 1. The van der Waals surface area contributed by atoms with Gasteiger partial charge in [-0.2, -0.15) is 5.10 Å². The molecule has 0 aliphatic rings. The Morgan fingerprint density at radius 1 is 0.840 bits per heavy atom. The summed E-state index contributed by atoms with van der Waals surface area (Å²) in [5.41, 5.74) is 5.35. The van der Waals surface area contributed by atoms with Crippen LogP contribution in [0.15, 0.2) is 90.0 Å². The minimum absolute atomic E-state index is 0.00405. The molecule has 3 rings (SSSR count). The van der Waals surface area contributed by atoms with Crippen molar-refractivity contribution in [3.05, 3.63) is 106 Å². The molecule has 0 aliphatic carbocycles. The molecule has 0 atom stereocenters. The zero-order valence-electron chi connectivity index (χ0n) is 13.4. The van der Waals surface area contributed by atoms with E-state index in [1.165, 1.54) is 6.07 Å². The Morgan fingerprint density at radius 3 is 1.92 bits per heavy atom.